The molecule has 1 saturated heterocycles. The number of aliphatic carboxylic acids is 1. The van der Waals surface area contributed by atoms with Crippen molar-refractivity contribution in [3.05, 3.63) is 59.7 Å². The van der Waals surface area contributed by atoms with E-state index in [1.54, 1.807) is 4.90 Å². The van der Waals surface area contributed by atoms with Crippen molar-refractivity contribution in [1.82, 2.24) is 10.2 Å². The van der Waals surface area contributed by atoms with Crippen molar-refractivity contribution in [3.8, 4) is 11.1 Å². The summed E-state index contributed by atoms with van der Waals surface area (Å²) in [5, 5.41) is 12.0. The zero-order chi connectivity index (χ0) is 23.4. The van der Waals surface area contributed by atoms with Crippen LogP contribution in [0.3, 0.4) is 0 Å². The van der Waals surface area contributed by atoms with E-state index in [1.165, 1.54) is 11.1 Å². The lowest BCUT2D eigenvalue weighted by Gasteiger charge is -2.35. The Morgan fingerprint density at radius 2 is 1.70 bits per heavy atom. The van der Waals surface area contributed by atoms with E-state index < -0.39 is 18.0 Å². The molecule has 7 nitrogen and oxygen atoms in total. The molecule has 2 N–H and O–H groups in total. The van der Waals surface area contributed by atoms with Crippen molar-refractivity contribution < 1.29 is 24.2 Å². The Morgan fingerprint density at radius 1 is 1.06 bits per heavy atom. The zero-order valence-corrected chi connectivity index (χ0v) is 18.8. The number of carbonyl (C=O) groups excluding carboxylic acids is 2. The second-order valence-corrected chi connectivity index (χ2v) is 8.91. The number of carboxylic acid groups (broad SMARTS) is 1. The predicted molar refractivity (Wildman–Crippen MR) is 124 cm³/mol. The van der Waals surface area contributed by atoms with Crippen LogP contribution >= 0.6 is 0 Å². The van der Waals surface area contributed by atoms with Crippen LogP contribution in [0, 0.1) is 11.8 Å². The van der Waals surface area contributed by atoms with Crippen LogP contribution in [0.2, 0.25) is 0 Å². The molecule has 0 radical (unpaired) electrons. The maximum absolute atomic E-state index is 12.4. The number of alkyl carbamates (subject to hydrolysis) is 1. The van der Waals surface area contributed by atoms with Gasteiger partial charge in [-0.3, -0.25) is 9.59 Å². The first-order valence-electron chi connectivity index (χ1n) is 11.5. The van der Waals surface area contributed by atoms with E-state index in [0.29, 0.717) is 25.9 Å². The first-order valence-corrected chi connectivity index (χ1v) is 11.5. The normalized spacial score (nSPS) is 19.5. The summed E-state index contributed by atoms with van der Waals surface area (Å²) in [6.45, 7) is 3.34. The molecule has 2 aliphatic rings. The van der Waals surface area contributed by atoms with Crippen LogP contribution in [0.25, 0.3) is 11.1 Å². The molecule has 2 atom stereocenters. The lowest BCUT2D eigenvalue weighted by atomic mass is 9.87. The number of hydrogen-bond donors (Lipinski definition) is 2. The molecule has 1 aliphatic heterocycles. The summed E-state index contributed by atoms with van der Waals surface area (Å²) in [4.78, 5) is 37.7. The molecule has 4 rings (SSSR count). The van der Waals surface area contributed by atoms with Crippen molar-refractivity contribution >= 4 is 18.0 Å². The fourth-order valence-corrected chi connectivity index (χ4v) is 4.85. The summed E-state index contributed by atoms with van der Waals surface area (Å²) in [6.07, 6.45) is 0.944. The standard InChI is InChI=1S/C26H30N2O5/c1-17-12-14-28(15-22(17)25(30)31)24(29)11-6-13-27-26(32)33-16-23-20-9-4-2-7-18(20)19-8-3-5-10-21(19)23/h2-5,7-10,17,22-23H,6,11-16H2,1H3,(H,27,32)(H,30,31). The van der Waals surface area contributed by atoms with Gasteiger partial charge in [0.25, 0.3) is 0 Å². The van der Waals surface area contributed by atoms with E-state index in [9.17, 15) is 19.5 Å². The minimum atomic E-state index is -0.850. The van der Waals surface area contributed by atoms with E-state index >= 15 is 0 Å². The number of nitrogens with one attached hydrogen (secondary N) is 1. The average Bonchev–Trinajstić information content (AvgIpc) is 3.14. The van der Waals surface area contributed by atoms with Crippen molar-refractivity contribution in [1.29, 1.82) is 0 Å². The van der Waals surface area contributed by atoms with Gasteiger partial charge >= 0.3 is 12.1 Å². The molecule has 2 aromatic carbocycles. The van der Waals surface area contributed by atoms with Gasteiger partial charge in [-0.15, -0.1) is 0 Å². The molecule has 1 fully saturated rings. The van der Waals surface area contributed by atoms with E-state index in [1.807, 2.05) is 31.2 Å². The molecule has 1 aliphatic carbocycles. The van der Waals surface area contributed by atoms with Gasteiger partial charge in [0, 0.05) is 32.0 Å². The minimum absolute atomic E-state index is 0.00778. The Hall–Kier alpha value is -3.35. The Kier molecular flexibility index (Phi) is 6.96. The van der Waals surface area contributed by atoms with Crippen molar-refractivity contribution in [2.45, 2.75) is 32.1 Å². The first kappa shape index (κ1) is 22.8. The Bertz CT molecular complexity index is 991. The van der Waals surface area contributed by atoms with Crippen LogP contribution in [0.1, 0.15) is 43.2 Å². The fourth-order valence-electron chi connectivity index (χ4n) is 4.85. The van der Waals surface area contributed by atoms with E-state index in [-0.39, 0.29) is 37.3 Å². The number of carboxylic acids is 1. The Balaban J connectivity index is 1.21. The van der Waals surface area contributed by atoms with Gasteiger partial charge in [-0.25, -0.2) is 4.79 Å². The summed E-state index contributed by atoms with van der Waals surface area (Å²) in [5.74, 6) is -1.35. The molecule has 0 aromatic heterocycles. The highest BCUT2D eigenvalue weighted by atomic mass is 16.5. The quantitative estimate of drug-likeness (QED) is 0.624. The second-order valence-electron chi connectivity index (χ2n) is 8.91. The molecule has 33 heavy (non-hydrogen) atoms. The third-order valence-corrected chi connectivity index (χ3v) is 6.81. The summed E-state index contributed by atoms with van der Waals surface area (Å²) in [7, 11) is 0. The maximum atomic E-state index is 12.4. The number of hydrogen-bond acceptors (Lipinski definition) is 4. The number of rotatable bonds is 7. The number of benzene rings is 2. The third kappa shape index (κ3) is 5.02. The number of nitrogens with zero attached hydrogens (tertiary/aromatic N) is 1. The number of carbonyl (C=O) groups is 3. The first-order chi connectivity index (χ1) is 16.0. The third-order valence-electron chi connectivity index (χ3n) is 6.81. The lowest BCUT2D eigenvalue weighted by Crippen LogP contribution is -2.45. The van der Waals surface area contributed by atoms with Gasteiger partial charge in [0.2, 0.25) is 5.91 Å². The van der Waals surface area contributed by atoms with Crippen LogP contribution in [0.4, 0.5) is 4.79 Å². The SMILES string of the molecule is CC1CCN(C(=O)CCCNC(=O)OCC2c3ccccc3-c3ccccc32)CC1C(=O)O. The van der Waals surface area contributed by atoms with Crippen LogP contribution in [0.15, 0.2) is 48.5 Å². The van der Waals surface area contributed by atoms with Gasteiger partial charge in [0.1, 0.15) is 6.61 Å². The number of piperidine rings is 1. The lowest BCUT2D eigenvalue weighted by molar-refractivity contribution is -0.148. The summed E-state index contributed by atoms with van der Waals surface area (Å²) in [5.41, 5.74) is 4.68. The molecule has 174 valence electrons. The molecule has 7 heteroatoms. The average molecular weight is 451 g/mol. The molecular formula is C26H30N2O5. The molecular weight excluding hydrogens is 420 g/mol. The topological polar surface area (TPSA) is 95.9 Å². The molecule has 0 bridgehead atoms. The molecule has 2 unspecified atom stereocenters. The molecule has 0 spiro atoms. The Labute approximate surface area is 193 Å². The van der Waals surface area contributed by atoms with Crippen molar-refractivity contribution in [2.24, 2.45) is 11.8 Å². The molecule has 1 heterocycles. The van der Waals surface area contributed by atoms with Crippen molar-refractivity contribution in [3.63, 3.8) is 0 Å². The van der Waals surface area contributed by atoms with Crippen LogP contribution < -0.4 is 5.32 Å². The van der Waals surface area contributed by atoms with Gasteiger partial charge in [-0.2, -0.15) is 0 Å². The number of likely N-dealkylation sites (tertiary alicyclic amines) is 1. The summed E-state index contributed by atoms with van der Waals surface area (Å²) in [6, 6.07) is 16.3. The summed E-state index contributed by atoms with van der Waals surface area (Å²) < 4.78 is 5.50. The Morgan fingerprint density at radius 3 is 2.33 bits per heavy atom. The minimum Gasteiger partial charge on any atom is -0.481 e. The second kappa shape index (κ2) is 10.1. The summed E-state index contributed by atoms with van der Waals surface area (Å²) >= 11 is 0. The van der Waals surface area contributed by atoms with Gasteiger partial charge < -0.3 is 20.1 Å². The van der Waals surface area contributed by atoms with Gasteiger partial charge in [0.15, 0.2) is 0 Å². The fraction of sp³-hybridized carbons (Fsp3) is 0.423. The molecule has 2 amide bonds. The van der Waals surface area contributed by atoms with Crippen molar-refractivity contribution in [2.75, 3.05) is 26.2 Å². The highest BCUT2D eigenvalue weighted by molar-refractivity contribution is 5.79. The van der Waals surface area contributed by atoms with Gasteiger partial charge in [0.05, 0.1) is 5.92 Å². The van der Waals surface area contributed by atoms with Gasteiger partial charge in [-0.1, -0.05) is 55.5 Å². The highest BCUT2D eigenvalue weighted by Gasteiger charge is 2.33. The van der Waals surface area contributed by atoms with Gasteiger partial charge in [-0.05, 0) is 41.0 Å². The van der Waals surface area contributed by atoms with Crippen LogP contribution in [0.5, 0.6) is 0 Å². The predicted octanol–water partition coefficient (Wildman–Crippen LogP) is 3.87. The van der Waals surface area contributed by atoms with Crippen LogP contribution in [-0.2, 0) is 14.3 Å². The zero-order valence-electron chi connectivity index (χ0n) is 18.8. The monoisotopic (exact) mass is 450 g/mol. The van der Waals surface area contributed by atoms with E-state index in [4.69, 9.17) is 4.74 Å². The maximum Gasteiger partial charge on any atom is 0.407 e. The highest BCUT2D eigenvalue weighted by Crippen LogP contribution is 2.44. The van der Waals surface area contributed by atoms with E-state index in [0.717, 1.165) is 11.1 Å². The van der Waals surface area contributed by atoms with E-state index in [2.05, 4.69) is 29.6 Å². The number of fused-ring (bicyclic) bond motifs is 3. The number of amides is 2. The molecule has 0 saturated carbocycles. The smallest absolute Gasteiger partial charge is 0.407 e. The van der Waals surface area contributed by atoms with Crippen LogP contribution in [-0.4, -0.2) is 54.2 Å². The molecule has 2 aromatic rings. The number of ether oxygens (including phenoxy) is 1. The largest absolute Gasteiger partial charge is 0.481 e.